The van der Waals surface area contributed by atoms with Crippen LogP contribution in [0, 0.1) is 5.92 Å². The van der Waals surface area contributed by atoms with Gasteiger partial charge in [-0.15, -0.1) is 0 Å². The molecular formula is C8H13NO2. The first-order valence-corrected chi connectivity index (χ1v) is 4.23. The van der Waals surface area contributed by atoms with Crippen molar-refractivity contribution in [3.05, 3.63) is 0 Å². The van der Waals surface area contributed by atoms with E-state index in [4.69, 9.17) is 5.11 Å². The van der Waals surface area contributed by atoms with Crippen molar-refractivity contribution < 1.29 is 9.90 Å². The van der Waals surface area contributed by atoms with Gasteiger partial charge in [0.1, 0.15) is 0 Å². The van der Waals surface area contributed by atoms with Gasteiger partial charge in [-0.05, 0) is 12.8 Å². The number of aliphatic hydroxyl groups excluding tert-OH is 1. The summed E-state index contributed by atoms with van der Waals surface area (Å²) in [4.78, 5) is 13.1. The third-order valence-electron chi connectivity index (χ3n) is 2.89. The minimum atomic E-state index is 0.244. The molecule has 1 N–H and O–H groups in total. The van der Waals surface area contributed by atoms with E-state index in [2.05, 4.69) is 0 Å². The molecule has 0 saturated carbocycles. The van der Waals surface area contributed by atoms with Crippen LogP contribution in [0.25, 0.3) is 0 Å². The molecule has 62 valence electrons. The lowest BCUT2D eigenvalue weighted by Crippen LogP contribution is -2.30. The standard InChI is InChI=1S/C8H13NO2/c10-5-6-3-4-9-7(6)1-2-8(9)11/h6-7,10H,1-5H2. The van der Waals surface area contributed by atoms with E-state index in [1.54, 1.807) is 0 Å². The molecule has 3 heteroatoms. The summed E-state index contributed by atoms with van der Waals surface area (Å²) in [5.41, 5.74) is 0. The van der Waals surface area contributed by atoms with Gasteiger partial charge in [-0.1, -0.05) is 0 Å². The van der Waals surface area contributed by atoms with Crippen LogP contribution < -0.4 is 0 Å². The van der Waals surface area contributed by atoms with Gasteiger partial charge in [0, 0.05) is 31.5 Å². The second-order valence-electron chi connectivity index (χ2n) is 3.42. The molecule has 2 atom stereocenters. The van der Waals surface area contributed by atoms with Crippen LogP contribution in [0.3, 0.4) is 0 Å². The number of rotatable bonds is 1. The van der Waals surface area contributed by atoms with Gasteiger partial charge >= 0.3 is 0 Å². The van der Waals surface area contributed by atoms with Gasteiger partial charge < -0.3 is 10.0 Å². The number of carbonyl (C=O) groups is 1. The molecule has 0 aromatic carbocycles. The molecule has 2 aliphatic heterocycles. The molecule has 0 aromatic rings. The first-order valence-electron chi connectivity index (χ1n) is 4.23. The minimum absolute atomic E-state index is 0.244. The van der Waals surface area contributed by atoms with E-state index >= 15 is 0 Å². The van der Waals surface area contributed by atoms with Crippen LogP contribution in [0.5, 0.6) is 0 Å². The quantitative estimate of drug-likeness (QED) is 0.578. The van der Waals surface area contributed by atoms with E-state index in [1.165, 1.54) is 0 Å². The zero-order valence-corrected chi connectivity index (χ0v) is 6.49. The second kappa shape index (κ2) is 2.48. The highest BCUT2D eigenvalue weighted by molar-refractivity contribution is 5.79. The molecule has 2 fully saturated rings. The Bertz CT molecular complexity index is 181. The lowest BCUT2D eigenvalue weighted by molar-refractivity contribution is -0.128. The number of nitrogens with zero attached hydrogens (tertiary/aromatic N) is 1. The Morgan fingerprint density at radius 3 is 3.09 bits per heavy atom. The van der Waals surface area contributed by atoms with Crippen LogP contribution in [-0.2, 0) is 4.79 Å². The maximum atomic E-state index is 11.2. The van der Waals surface area contributed by atoms with Crippen LogP contribution in [0.2, 0.25) is 0 Å². The second-order valence-corrected chi connectivity index (χ2v) is 3.42. The maximum absolute atomic E-state index is 11.2. The number of aliphatic hydroxyl groups is 1. The number of carbonyl (C=O) groups excluding carboxylic acids is 1. The fourth-order valence-corrected chi connectivity index (χ4v) is 2.25. The SMILES string of the molecule is O=C1CCC2C(CO)CCN12. The monoisotopic (exact) mass is 155 g/mol. The summed E-state index contributed by atoms with van der Waals surface area (Å²) in [5.74, 6) is 0.646. The van der Waals surface area contributed by atoms with Gasteiger partial charge in [0.25, 0.3) is 0 Å². The van der Waals surface area contributed by atoms with E-state index in [0.29, 0.717) is 18.4 Å². The van der Waals surface area contributed by atoms with Crippen molar-refractivity contribution in [1.29, 1.82) is 0 Å². The van der Waals surface area contributed by atoms with Gasteiger partial charge in [-0.2, -0.15) is 0 Å². The van der Waals surface area contributed by atoms with Crippen molar-refractivity contribution >= 4 is 5.91 Å². The Hall–Kier alpha value is -0.570. The van der Waals surface area contributed by atoms with Crippen molar-refractivity contribution in [3.63, 3.8) is 0 Å². The highest BCUT2D eigenvalue weighted by Gasteiger charge is 2.40. The molecule has 2 saturated heterocycles. The average molecular weight is 155 g/mol. The lowest BCUT2D eigenvalue weighted by atomic mass is 10.00. The van der Waals surface area contributed by atoms with Gasteiger partial charge in [-0.3, -0.25) is 4.79 Å². The molecule has 3 nitrogen and oxygen atoms in total. The zero-order valence-electron chi connectivity index (χ0n) is 6.49. The predicted molar refractivity (Wildman–Crippen MR) is 39.9 cm³/mol. The Morgan fingerprint density at radius 2 is 2.36 bits per heavy atom. The molecule has 2 aliphatic rings. The van der Waals surface area contributed by atoms with Crippen molar-refractivity contribution in [1.82, 2.24) is 4.90 Å². The summed E-state index contributed by atoms with van der Waals surface area (Å²) in [6.45, 7) is 1.11. The normalized spacial score (nSPS) is 36.5. The first-order chi connectivity index (χ1) is 5.33. The number of hydrogen-bond donors (Lipinski definition) is 1. The summed E-state index contributed by atoms with van der Waals surface area (Å²) >= 11 is 0. The molecular weight excluding hydrogens is 142 g/mol. The van der Waals surface area contributed by atoms with Crippen LogP contribution in [-0.4, -0.2) is 35.1 Å². The van der Waals surface area contributed by atoms with E-state index in [1.807, 2.05) is 4.90 Å². The Morgan fingerprint density at radius 1 is 1.55 bits per heavy atom. The fourth-order valence-electron chi connectivity index (χ4n) is 2.25. The zero-order chi connectivity index (χ0) is 7.84. The summed E-state index contributed by atoms with van der Waals surface area (Å²) < 4.78 is 0. The van der Waals surface area contributed by atoms with Crippen molar-refractivity contribution in [2.45, 2.75) is 25.3 Å². The molecule has 0 bridgehead atoms. The van der Waals surface area contributed by atoms with Gasteiger partial charge in [-0.25, -0.2) is 0 Å². The molecule has 2 unspecified atom stereocenters. The van der Waals surface area contributed by atoms with Crippen molar-refractivity contribution in [3.8, 4) is 0 Å². The average Bonchev–Trinajstić information content (AvgIpc) is 2.53. The van der Waals surface area contributed by atoms with Gasteiger partial charge in [0.2, 0.25) is 5.91 Å². The molecule has 11 heavy (non-hydrogen) atoms. The Balaban J connectivity index is 2.10. The van der Waals surface area contributed by atoms with E-state index in [-0.39, 0.29) is 12.5 Å². The van der Waals surface area contributed by atoms with Crippen LogP contribution in [0.4, 0.5) is 0 Å². The molecule has 0 aliphatic carbocycles. The van der Waals surface area contributed by atoms with E-state index in [0.717, 1.165) is 19.4 Å². The summed E-state index contributed by atoms with van der Waals surface area (Å²) in [6, 6.07) is 0.368. The van der Waals surface area contributed by atoms with Gasteiger partial charge in [0.05, 0.1) is 0 Å². The molecule has 1 amide bonds. The third-order valence-corrected chi connectivity index (χ3v) is 2.89. The lowest BCUT2D eigenvalue weighted by Gasteiger charge is -2.18. The van der Waals surface area contributed by atoms with Crippen LogP contribution >= 0.6 is 0 Å². The third kappa shape index (κ3) is 0.948. The number of fused-ring (bicyclic) bond motifs is 1. The Kier molecular flexibility index (Phi) is 1.60. The highest BCUT2D eigenvalue weighted by Crippen LogP contribution is 2.32. The molecule has 2 heterocycles. The molecule has 2 rings (SSSR count). The Labute approximate surface area is 66.0 Å². The van der Waals surface area contributed by atoms with Crippen molar-refractivity contribution in [2.24, 2.45) is 5.92 Å². The van der Waals surface area contributed by atoms with E-state index in [9.17, 15) is 4.79 Å². The number of amides is 1. The topological polar surface area (TPSA) is 40.5 Å². The van der Waals surface area contributed by atoms with Crippen LogP contribution in [0.15, 0.2) is 0 Å². The van der Waals surface area contributed by atoms with Crippen LogP contribution in [0.1, 0.15) is 19.3 Å². The highest BCUT2D eigenvalue weighted by atomic mass is 16.3. The molecule has 0 spiro atoms. The van der Waals surface area contributed by atoms with Gasteiger partial charge in [0.15, 0.2) is 0 Å². The molecule has 0 aromatic heterocycles. The van der Waals surface area contributed by atoms with Crippen molar-refractivity contribution in [2.75, 3.05) is 13.2 Å². The minimum Gasteiger partial charge on any atom is -0.396 e. The maximum Gasteiger partial charge on any atom is 0.222 e. The summed E-state index contributed by atoms with van der Waals surface area (Å²) in [6.07, 6.45) is 2.65. The predicted octanol–water partition coefficient (Wildman–Crippen LogP) is -0.0104. The summed E-state index contributed by atoms with van der Waals surface area (Å²) in [5, 5.41) is 8.96. The fraction of sp³-hybridized carbons (Fsp3) is 0.875. The smallest absolute Gasteiger partial charge is 0.222 e. The van der Waals surface area contributed by atoms with E-state index < -0.39 is 0 Å². The first kappa shape index (κ1) is 7.10. The molecule has 0 radical (unpaired) electrons. The summed E-state index contributed by atoms with van der Waals surface area (Å²) in [7, 11) is 0. The number of hydrogen-bond acceptors (Lipinski definition) is 2. The largest absolute Gasteiger partial charge is 0.396 e.